The van der Waals surface area contributed by atoms with Crippen LogP contribution in [0, 0.1) is 0 Å². The Bertz CT molecular complexity index is 576. The second-order valence-electron chi connectivity index (χ2n) is 5.68. The molecule has 0 aliphatic rings. The van der Waals surface area contributed by atoms with Crippen LogP contribution in [0.25, 0.3) is 0 Å². The van der Waals surface area contributed by atoms with E-state index in [1.807, 2.05) is 0 Å². The van der Waals surface area contributed by atoms with Crippen molar-refractivity contribution in [3.63, 3.8) is 0 Å². The lowest BCUT2D eigenvalue weighted by Crippen LogP contribution is -2.42. The van der Waals surface area contributed by atoms with E-state index in [2.05, 4.69) is 15.6 Å². The average Bonchev–Trinajstić information content (AvgIpc) is 2.42. The molecular formula is C14H18ClF4N3O2. The second-order valence-corrected chi connectivity index (χ2v) is 6.06. The number of aliphatic hydroxyl groups is 1. The quantitative estimate of drug-likeness (QED) is 0.509. The highest BCUT2D eigenvalue weighted by Gasteiger charge is 2.28. The number of nitrogens with zero attached hydrogens (tertiary/aromatic N) is 1. The number of halogens is 5. The summed E-state index contributed by atoms with van der Waals surface area (Å²) in [5.74, 6) is -0.749. The number of aromatic nitrogens is 1. The van der Waals surface area contributed by atoms with Crippen LogP contribution in [0.1, 0.15) is 30.6 Å². The normalized spacial score (nSPS) is 13.5. The predicted molar refractivity (Wildman–Crippen MR) is 81.9 cm³/mol. The monoisotopic (exact) mass is 371 g/mol. The van der Waals surface area contributed by atoms with Crippen LogP contribution < -0.4 is 10.6 Å². The van der Waals surface area contributed by atoms with E-state index < -0.39 is 43.4 Å². The van der Waals surface area contributed by atoms with E-state index in [4.69, 9.17) is 11.6 Å². The van der Waals surface area contributed by atoms with Crippen LogP contribution in [0.15, 0.2) is 12.3 Å². The highest BCUT2D eigenvalue weighted by Crippen LogP contribution is 2.22. The molecule has 0 aliphatic heterocycles. The fourth-order valence-corrected chi connectivity index (χ4v) is 1.78. The Morgan fingerprint density at radius 2 is 2.04 bits per heavy atom. The van der Waals surface area contributed by atoms with E-state index >= 15 is 0 Å². The van der Waals surface area contributed by atoms with Crippen LogP contribution in [-0.4, -0.2) is 47.0 Å². The van der Waals surface area contributed by atoms with Crippen molar-refractivity contribution in [3.8, 4) is 0 Å². The minimum Gasteiger partial charge on any atom is -0.387 e. The van der Waals surface area contributed by atoms with Gasteiger partial charge in [0, 0.05) is 12.7 Å². The van der Waals surface area contributed by atoms with Gasteiger partial charge in [0.1, 0.15) is 11.3 Å². The molecule has 0 aliphatic carbocycles. The first-order chi connectivity index (χ1) is 10.9. The number of amides is 1. The van der Waals surface area contributed by atoms with Gasteiger partial charge in [-0.15, -0.1) is 0 Å². The molecule has 1 aromatic rings. The third-order valence-corrected chi connectivity index (χ3v) is 3.25. The van der Waals surface area contributed by atoms with Crippen molar-refractivity contribution in [2.45, 2.75) is 38.2 Å². The van der Waals surface area contributed by atoms with Crippen molar-refractivity contribution >= 4 is 23.2 Å². The van der Waals surface area contributed by atoms with Gasteiger partial charge >= 0.3 is 6.18 Å². The molecule has 1 unspecified atom stereocenters. The minimum atomic E-state index is -4.35. The Morgan fingerprint density at radius 3 is 2.58 bits per heavy atom. The Labute approximate surface area is 141 Å². The second kappa shape index (κ2) is 7.98. The SMILES string of the molecule is CC(C)(O)C(F)CNC(=O)c1cnc(Cl)cc1NCCC(F)(F)F. The maximum absolute atomic E-state index is 13.6. The summed E-state index contributed by atoms with van der Waals surface area (Å²) in [6.07, 6.45) is -6.09. The van der Waals surface area contributed by atoms with Gasteiger partial charge in [-0.2, -0.15) is 13.2 Å². The third-order valence-electron chi connectivity index (χ3n) is 3.05. The zero-order chi connectivity index (χ0) is 18.5. The summed E-state index contributed by atoms with van der Waals surface area (Å²) in [7, 11) is 0. The summed E-state index contributed by atoms with van der Waals surface area (Å²) >= 11 is 5.68. The Kier molecular flexibility index (Phi) is 6.79. The Balaban J connectivity index is 2.77. The fraction of sp³-hybridized carbons (Fsp3) is 0.571. The lowest BCUT2D eigenvalue weighted by molar-refractivity contribution is -0.131. The lowest BCUT2D eigenvalue weighted by atomic mass is 10.0. The number of hydrogen-bond donors (Lipinski definition) is 3. The summed E-state index contributed by atoms with van der Waals surface area (Å²) < 4.78 is 50.2. The molecule has 10 heteroatoms. The van der Waals surface area contributed by atoms with E-state index in [0.717, 1.165) is 6.20 Å². The maximum Gasteiger partial charge on any atom is 0.390 e. The van der Waals surface area contributed by atoms with E-state index in [9.17, 15) is 27.5 Å². The molecule has 0 aromatic carbocycles. The summed E-state index contributed by atoms with van der Waals surface area (Å²) in [6, 6.07) is 1.20. The van der Waals surface area contributed by atoms with Crippen LogP contribution >= 0.6 is 11.6 Å². The fourth-order valence-electron chi connectivity index (χ4n) is 1.62. The molecule has 0 radical (unpaired) electrons. The van der Waals surface area contributed by atoms with Crippen molar-refractivity contribution in [3.05, 3.63) is 23.0 Å². The number of hydrogen-bond acceptors (Lipinski definition) is 4. The van der Waals surface area contributed by atoms with Gasteiger partial charge in [0.15, 0.2) is 0 Å². The molecule has 0 bridgehead atoms. The predicted octanol–water partition coefficient (Wildman–Crippen LogP) is 2.94. The van der Waals surface area contributed by atoms with E-state index in [1.165, 1.54) is 19.9 Å². The molecule has 5 nitrogen and oxygen atoms in total. The molecule has 1 heterocycles. The smallest absolute Gasteiger partial charge is 0.387 e. The van der Waals surface area contributed by atoms with Gasteiger partial charge in [-0.1, -0.05) is 11.6 Å². The van der Waals surface area contributed by atoms with Gasteiger partial charge in [-0.3, -0.25) is 4.79 Å². The molecule has 1 aromatic heterocycles. The van der Waals surface area contributed by atoms with Gasteiger partial charge in [0.25, 0.3) is 5.91 Å². The number of pyridine rings is 1. The highest BCUT2D eigenvalue weighted by molar-refractivity contribution is 6.29. The summed E-state index contributed by atoms with van der Waals surface area (Å²) in [6.45, 7) is 1.57. The van der Waals surface area contributed by atoms with Gasteiger partial charge in [-0.05, 0) is 19.9 Å². The number of nitrogens with one attached hydrogen (secondary N) is 2. The van der Waals surface area contributed by atoms with Gasteiger partial charge in [0.05, 0.1) is 29.8 Å². The van der Waals surface area contributed by atoms with E-state index in [-0.39, 0.29) is 16.4 Å². The summed E-state index contributed by atoms with van der Waals surface area (Å²) in [5.41, 5.74) is -1.67. The van der Waals surface area contributed by atoms with Crippen LogP contribution in [0.3, 0.4) is 0 Å². The number of alkyl halides is 4. The molecule has 0 fully saturated rings. The molecular weight excluding hydrogens is 354 g/mol. The van der Waals surface area contributed by atoms with Crippen molar-refractivity contribution < 1.29 is 27.5 Å². The number of rotatable bonds is 7. The zero-order valence-corrected chi connectivity index (χ0v) is 13.8. The number of carbonyl (C=O) groups excluding carboxylic acids is 1. The standard InChI is InChI=1S/C14H18ClF4N3O2/c1-13(2,24)10(16)7-22-12(23)8-6-21-11(15)5-9(8)20-4-3-14(17,18)19/h5-6,10,24H,3-4,7H2,1-2H3,(H,20,21)(H,22,23). The van der Waals surface area contributed by atoms with Crippen LogP contribution in [0.2, 0.25) is 5.15 Å². The van der Waals surface area contributed by atoms with Gasteiger partial charge < -0.3 is 15.7 Å². The Hall–Kier alpha value is -1.61. The average molecular weight is 372 g/mol. The largest absolute Gasteiger partial charge is 0.390 e. The third kappa shape index (κ3) is 6.88. The van der Waals surface area contributed by atoms with Gasteiger partial charge in [0.2, 0.25) is 0 Å². The first-order valence-corrected chi connectivity index (χ1v) is 7.39. The summed E-state index contributed by atoms with van der Waals surface area (Å²) in [4.78, 5) is 15.8. The Morgan fingerprint density at radius 1 is 1.42 bits per heavy atom. The lowest BCUT2D eigenvalue weighted by Gasteiger charge is -2.22. The first kappa shape index (κ1) is 20.4. The molecule has 1 atom stereocenters. The molecule has 0 spiro atoms. The molecule has 136 valence electrons. The molecule has 24 heavy (non-hydrogen) atoms. The molecule has 1 amide bonds. The van der Waals surface area contributed by atoms with Crippen LogP contribution in [0.4, 0.5) is 23.2 Å². The molecule has 0 saturated heterocycles. The van der Waals surface area contributed by atoms with Crippen molar-refractivity contribution in [2.24, 2.45) is 0 Å². The van der Waals surface area contributed by atoms with E-state index in [0.29, 0.717) is 0 Å². The maximum atomic E-state index is 13.6. The topological polar surface area (TPSA) is 74.2 Å². The van der Waals surface area contributed by atoms with Crippen LogP contribution in [0.5, 0.6) is 0 Å². The van der Waals surface area contributed by atoms with Gasteiger partial charge in [-0.25, -0.2) is 9.37 Å². The zero-order valence-electron chi connectivity index (χ0n) is 13.0. The van der Waals surface area contributed by atoms with Crippen molar-refractivity contribution in [1.29, 1.82) is 0 Å². The minimum absolute atomic E-state index is 0.0130. The first-order valence-electron chi connectivity index (χ1n) is 7.01. The molecule has 3 N–H and O–H groups in total. The van der Waals surface area contributed by atoms with Crippen LogP contribution in [-0.2, 0) is 0 Å². The van der Waals surface area contributed by atoms with Crippen molar-refractivity contribution in [2.75, 3.05) is 18.4 Å². The summed E-state index contributed by atoms with van der Waals surface area (Å²) in [5, 5.41) is 14.2. The van der Waals surface area contributed by atoms with Crippen molar-refractivity contribution in [1.82, 2.24) is 10.3 Å². The highest BCUT2D eigenvalue weighted by atomic mass is 35.5. The number of carbonyl (C=O) groups is 1. The molecule has 1 rings (SSSR count). The molecule has 0 saturated carbocycles. The van der Waals surface area contributed by atoms with E-state index in [1.54, 1.807) is 0 Å². The number of anilines is 1.